The van der Waals surface area contributed by atoms with Crippen molar-refractivity contribution in [2.45, 2.75) is 11.8 Å². The molecule has 0 aliphatic rings. The van der Waals surface area contributed by atoms with Crippen molar-refractivity contribution >= 4 is 10.0 Å². The molecule has 1 aromatic rings. The minimum atomic E-state index is -4.00. The Morgan fingerprint density at radius 3 is 2.59 bits per heavy atom. The lowest BCUT2D eigenvalue weighted by Gasteiger charge is -2.08. The van der Waals surface area contributed by atoms with Crippen molar-refractivity contribution in [3.8, 4) is 0 Å². The summed E-state index contributed by atoms with van der Waals surface area (Å²) in [5, 5.41) is 2.90. The highest BCUT2D eigenvalue weighted by Gasteiger charge is 2.20. The Kier molecular flexibility index (Phi) is 4.98. The first kappa shape index (κ1) is 14.0. The van der Waals surface area contributed by atoms with E-state index in [-0.39, 0.29) is 6.54 Å². The third kappa shape index (κ3) is 3.72. The minimum absolute atomic E-state index is 0.117. The Morgan fingerprint density at radius 2 is 1.94 bits per heavy atom. The van der Waals surface area contributed by atoms with E-state index < -0.39 is 26.6 Å². The smallest absolute Gasteiger partial charge is 0.243 e. The largest absolute Gasteiger partial charge is 0.316 e. The van der Waals surface area contributed by atoms with E-state index in [0.29, 0.717) is 13.1 Å². The van der Waals surface area contributed by atoms with Crippen LogP contribution in [-0.4, -0.2) is 28.1 Å². The first-order valence-corrected chi connectivity index (χ1v) is 6.61. The number of hydrogen-bond acceptors (Lipinski definition) is 3. The molecule has 0 saturated heterocycles. The first-order valence-electron chi connectivity index (χ1n) is 5.13. The van der Waals surface area contributed by atoms with E-state index >= 15 is 0 Å². The van der Waals surface area contributed by atoms with E-state index in [2.05, 4.69) is 10.0 Å². The van der Waals surface area contributed by atoms with Gasteiger partial charge < -0.3 is 5.32 Å². The molecule has 0 spiro atoms. The van der Waals surface area contributed by atoms with Crippen molar-refractivity contribution in [3.05, 3.63) is 29.8 Å². The number of halogens is 2. The van der Waals surface area contributed by atoms with E-state index in [0.717, 1.165) is 18.2 Å². The quantitative estimate of drug-likeness (QED) is 0.749. The zero-order valence-electron chi connectivity index (χ0n) is 9.33. The SMILES string of the molecule is CCNCCNS(=O)(=O)c1cccc(F)c1F. The summed E-state index contributed by atoms with van der Waals surface area (Å²) in [6, 6.07) is 3.04. The van der Waals surface area contributed by atoms with Gasteiger partial charge in [0, 0.05) is 13.1 Å². The average molecular weight is 264 g/mol. The van der Waals surface area contributed by atoms with E-state index in [1.165, 1.54) is 0 Å². The lowest BCUT2D eigenvalue weighted by Crippen LogP contribution is -2.32. The van der Waals surface area contributed by atoms with Gasteiger partial charge in [0.1, 0.15) is 4.90 Å². The number of nitrogens with one attached hydrogen (secondary N) is 2. The van der Waals surface area contributed by atoms with Crippen LogP contribution in [0.5, 0.6) is 0 Å². The third-order valence-corrected chi connectivity index (χ3v) is 3.53. The summed E-state index contributed by atoms with van der Waals surface area (Å²) in [7, 11) is -4.00. The Balaban J connectivity index is 2.79. The molecule has 7 heteroatoms. The molecule has 2 N–H and O–H groups in total. The predicted molar refractivity (Wildman–Crippen MR) is 60.1 cm³/mol. The number of benzene rings is 1. The Hall–Kier alpha value is -1.05. The van der Waals surface area contributed by atoms with Gasteiger partial charge in [0.15, 0.2) is 11.6 Å². The minimum Gasteiger partial charge on any atom is -0.316 e. The second kappa shape index (κ2) is 6.04. The van der Waals surface area contributed by atoms with Crippen molar-refractivity contribution in [2.75, 3.05) is 19.6 Å². The van der Waals surface area contributed by atoms with Gasteiger partial charge in [0.25, 0.3) is 0 Å². The van der Waals surface area contributed by atoms with E-state index in [9.17, 15) is 17.2 Å². The molecule has 4 nitrogen and oxygen atoms in total. The second-order valence-electron chi connectivity index (χ2n) is 3.30. The van der Waals surface area contributed by atoms with Crippen LogP contribution in [0.15, 0.2) is 23.1 Å². The summed E-state index contributed by atoms with van der Waals surface area (Å²) >= 11 is 0. The van der Waals surface area contributed by atoms with Crippen molar-refractivity contribution in [1.29, 1.82) is 0 Å². The first-order chi connectivity index (χ1) is 7.99. The second-order valence-corrected chi connectivity index (χ2v) is 5.04. The van der Waals surface area contributed by atoms with Gasteiger partial charge in [-0.2, -0.15) is 0 Å². The monoisotopic (exact) mass is 264 g/mol. The van der Waals surface area contributed by atoms with E-state index in [1.807, 2.05) is 6.92 Å². The normalized spacial score (nSPS) is 11.7. The van der Waals surface area contributed by atoms with Gasteiger partial charge >= 0.3 is 0 Å². The molecule has 0 aliphatic heterocycles. The van der Waals surface area contributed by atoms with E-state index in [4.69, 9.17) is 0 Å². The zero-order valence-corrected chi connectivity index (χ0v) is 10.2. The summed E-state index contributed by atoms with van der Waals surface area (Å²) in [5.41, 5.74) is 0. The fourth-order valence-electron chi connectivity index (χ4n) is 1.22. The maximum atomic E-state index is 13.3. The van der Waals surface area contributed by atoms with Gasteiger partial charge in [-0.3, -0.25) is 0 Å². The molecule has 1 rings (SSSR count). The highest BCUT2D eigenvalue weighted by Crippen LogP contribution is 2.16. The highest BCUT2D eigenvalue weighted by molar-refractivity contribution is 7.89. The van der Waals surface area contributed by atoms with Crippen LogP contribution < -0.4 is 10.0 Å². The molecule has 96 valence electrons. The number of sulfonamides is 1. The van der Waals surface area contributed by atoms with Gasteiger partial charge in [-0.1, -0.05) is 13.0 Å². The fraction of sp³-hybridized carbons (Fsp3) is 0.400. The van der Waals surface area contributed by atoms with Gasteiger partial charge in [-0.15, -0.1) is 0 Å². The van der Waals surface area contributed by atoms with Crippen LogP contribution in [0.2, 0.25) is 0 Å². The topological polar surface area (TPSA) is 58.2 Å². The van der Waals surface area contributed by atoms with Crippen molar-refractivity contribution in [2.24, 2.45) is 0 Å². The average Bonchev–Trinajstić information content (AvgIpc) is 2.28. The van der Waals surface area contributed by atoms with Gasteiger partial charge in [-0.05, 0) is 18.7 Å². The summed E-state index contributed by atoms with van der Waals surface area (Å²) < 4.78 is 51.6. The van der Waals surface area contributed by atoms with Gasteiger partial charge in [-0.25, -0.2) is 21.9 Å². The highest BCUT2D eigenvalue weighted by atomic mass is 32.2. The van der Waals surface area contributed by atoms with Gasteiger partial charge in [0.2, 0.25) is 10.0 Å². The van der Waals surface area contributed by atoms with E-state index in [1.54, 1.807) is 0 Å². The van der Waals surface area contributed by atoms with Crippen LogP contribution in [0, 0.1) is 11.6 Å². The van der Waals surface area contributed by atoms with Crippen LogP contribution in [0.3, 0.4) is 0 Å². The molecule has 0 aliphatic carbocycles. The Morgan fingerprint density at radius 1 is 1.24 bits per heavy atom. The fourth-order valence-corrected chi connectivity index (χ4v) is 2.34. The van der Waals surface area contributed by atoms with Crippen molar-refractivity contribution < 1.29 is 17.2 Å². The zero-order chi connectivity index (χ0) is 12.9. The van der Waals surface area contributed by atoms with Crippen LogP contribution >= 0.6 is 0 Å². The van der Waals surface area contributed by atoms with Crippen LogP contribution in [0.4, 0.5) is 8.78 Å². The summed E-state index contributed by atoms with van der Waals surface area (Å²) in [4.78, 5) is -0.672. The lowest BCUT2D eigenvalue weighted by atomic mass is 10.3. The maximum absolute atomic E-state index is 13.3. The standard InChI is InChI=1S/C10H14F2N2O2S/c1-2-13-6-7-14-17(15,16)9-5-3-4-8(11)10(9)12/h3-5,13-14H,2,6-7H2,1H3. The molecule has 0 aromatic heterocycles. The number of rotatable bonds is 6. The summed E-state index contributed by atoms with van der Waals surface area (Å²) in [5.74, 6) is -2.54. The molecular weight excluding hydrogens is 250 g/mol. The Bertz CT molecular complexity index is 477. The molecular formula is C10H14F2N2O2S. The van der Waals surface area contributed by atoms with Crippen molar-refractivity contribution in [1.82, 2.24) is 10.0 Å². The molecule has 0 radical (unpaired) electrons. The lowest BCUT2D eigenvalue weighted by molar-refractivity contribution is 0.483. The molecule has 17 heavy (non-hydrogen) atoms. The molecule has 0 heterocycles. The number of hydrogen-bond donors (Lipinski definition) is 2. The molecule has 0 saturated carbocycles. The molecule has 1 aromatic carbocycles. The molecule has 0 fully saturated rings. The molecule has 0 bridgehead atoms. The third-order valence-electron chi connectivity index (χ3n) is 2.05. The summed E-state index contributed by atoms with van der Waals surface area (Å²) in [6.07, 6.45) is 0. The molecule has 0 atom stereocenters. The van der Waals surface area contributed by atoms with Crippen LogP contribution in [-0.2, 0) is 10.0 Å². The molecule has 0 amide bonds. The Labute approximate surface area is 99.1 Å². The van der Waals surface area contributed by atoms with Crippen molar-refractivity contribution in [3.63, 3.8) is 0 Å². The van der Waals surface area contributed by atoms with Crippen LogP contribution in [0.25, 0.3) is 0 Å². The van der Waals surface area contributed by atoms with Crippen LogP contribution in [0.1, 0.15) is 6.92 Å². The van der Waals surface area contributed by atoms with Gasteiger partial charge in [0.05, 0.1) is 0 Å². The predicted octanol–water partition coefficient (Wildman–Crippen LogP) is 0.853. The number of likely N-dealkylation sites (N-methyl/N-ethyl adjacent to an activating group) is 1. The maximum Gasteiger partial charge on any atom is 0.243 e. The summed E-state index contributed by atoms with van der Waals surface area (Å²) in [6.45, 7) is 3.12. The molecule has 0 unspecified atom stereocenters.